The Bertz CT molecular complexity index is 331. The Balaban J connectivity index is 2.93. The van der Waals surface area contributed by atoms with Gasteiger partial charge in [-0.05, 0) is 20.8 Å². The van der Waals surface area contributed by atoms with Crippen LogP contribution in [0.15, 0.2) is 0 Å². The highest BCUT2D eigenvalue weighted by molar-refractivity contribution is 5.81. The number of ether oxygens (including phenoxy) is 2. The third kappa shape index (κ3) is 2.40. The van der Waals surface area contributed by atoms with Crippen LogP contribution in [0.5, 0.6) is 0 Å². The molecule has 1 aliphatic rings. The molecule has 0 radical (unpaired) electrons. The van der Waals surface area contributed by atoms with Crippen LogP contribution in [-0.4, -0.2) is 29.4 Å². The molecule has 0 aromatic carbocycles. The first kappa shape index (κ1) is 12.7. The van der Waals surface area contributed by atoms with Gasteiger partial charge in [0.1, 0.15) is 5.78 Å². The van der Waals surface area contributed by atoms with Gasteiger partial charge in [-0.2, -0.15) is 0 Å². The number of hydrogen-bond acceptors (Lipinski definition) is 5. The number of hydrogen-bond donors (Lipinski definition) is 0. The summed E-state index contributed by atoms with van der Waals surface area (Å²) >= 11 is 0. The second-order valence-corrected chi connectivity index (χ2v) is 4.43. The molecule has 16 heavy (non-hydrogen) atoms. The third-order valence-corrected chi connectivity index (χ3v) is 2.65. The molecule has 5 heteroatoms. The summed E-state index contributed by atoms with van der Waals surface area (Å²) in [6.07, 6.45) is -0.637. The molecule has 1 fully saturated rings. The van der Waals surface area contributed by atoms with Crippen LogP contribution in [-0.2, 0) is 23.9 Å². The zero-order valence-electron chi connectivity index (χ0n) is 9.90. The quantitative estimate of drug-likeness (QED) is 0.670. The number of ketones is 1. The number of carbonyl (C=O) groups excluding carboxylic acids is 3. The van der Waals surface area contributed by atoms with Crippen molar-refractivity contribution >= 4 is 17.7 Å². The van der Waals surface area contributed by atoms with Crippen molar-refractivity contribution in [3.63, 3.8) is 0 Å². The first-order chi connectivity index (χ1) is 7.26. The van der Waals surface area contributed by atoms with Gasteiger partial charge in [0.05, 0.1) is 5.92 Å². The molecule has 1 rings (SSSR count). The largest absolute Gasteiger partial charge is 0.457 e. The van der Waals surface area contributed by atoms with Crippen LogP contribution in [0.4, 0.5) is 0 Å². The molecule has 1 heterocycles. The Morgan fingerprint density at radius 1 is 1.44 bits per heavy atom. The Hall–Kier alpha value is -1.39. The average molecular weight is 228 g/mol. The Morgan fingerprint density at radius 3 is 2.44 bits per heavy atom. The lowest BCUT2D eigenvalue weighted by Gasteiger charge is -2.28. The van der Waals surface area contributed by atoms with Gasteiger partial charge in [-0.25, -0.2) is 0 Å². The van der Waals surface area contributed by atoms with Crippen molar-refractivity contribution in [2.45, 2.75) is 45.8 Å². The Kier molecular flexibility index (Phi) is 3.35. The summed E-state index contributed by atoms with van der Waals surface area (Å²) in [6, 6.07) is 0. The SMILES string of the molecule is CC(=O)C[C@@]1(C)OC(=O)[C@@H](C)[C@@H]1OC(C)=O. The maximum Gasteiger partial charge on any atom is 0.313 e. The van der Waals surface area contributed by atoms with E-state index in [2.05, 4.69) is 0 Å². The first-order valence-electron chi connectivity index (χ1n) is 5.16. The van der Waals surface area contributed by atoms with Gasteiger partial charge in [0.25, 0.3) is 0 Å². The van der Waals surface area contributed by atoms with Crippen molar-refractivity contribution in [1.29, 1.82) is 0 Å². The van der Waals surface area contributed by atoms with Crippen molar-refractivity contribution in [3.8, 4) is 0 Å². The minimum Gasteiger partial charge on any atom is -0.457 e. The highest BCUT2D eigenvalue weighted by Crippen LogP contribution is 2.36. The average Bonchev–Trinajstić information content (AvgIpc) is 2.27. The molecule has 0 spiro atoms. The maximum absolute atomic E-state index is 11.4. The van der Waals surface area contributed by atoms with Gasteiger partial charge in [0.2, 0.25) is 0 Å². The Morgan fingerprint density at radius 2 is 2.00 bits per heavy atom. The van der Waals surface area contributed by atoms with Crippen LogP contribution in [0.3, 0.4) is 0 Å². The standard InChI is InChI=1S/C11H16O5/c1-6(12)5-11(4)9(15-8(3)13)7(2)10(14)16-11/h7,9H,5H2,1-4H3/t7-,9-,11+/m0/s1. The van der Waals surface area contributed by atoms with E-state index in [1.54, 1.807) is 13.8 Å². The molecular weight excluding hydrogens is 212 g/mol. The lowest BCUT2D eigenvalue weighted by Crippen LogP contribution is -2.42. The fraction of sp³-hybridized carbons (Fsp3) is 0.727. The summed E-state index contributed by atoms with van der Waals surface area (Å²) in [5.74, 6) is -1.56. The third-order valence-electron chi connectivity index (χ3n) is 2.65. The zero-order chi connectivity index (χ0) is 12.5. The van der Waals surface area contributed by atoms with Crippen molar-refractivity contribution in [2.75, 3.05) is 0 Å². The van der Waals surface area contributed by atoms with E-state index in [1.165, 1.54) is 13.8 Å². The van der Waals surface area contributed by atoms with E-state index in [9.17, 15) is 14.4 Å². The van der Waals surface area contributed by atoms with Gasteiger partial charge in [-0.1, -0.05) is 0 Å². The van der Waals surface area contributed by atoms with E-state index in [1.807, 2.05) is 0 Å². The van der Waals surface area contributed by atoms with Crippen LogP contribution in [0.2, 0.25) is 0 Å². The van der Waals surface area contributed by atoms with Crippen LogP contribution >= 0.6 is 0 Å². The van der Waals surface area contributed by atoms with Crippen LogP contribution < -0.4 is 0 Å². The van der Waals surface area contributed by atoms with Crippen LogP contribution in [0.25, 0.3) is 0 Å². The van der Waals surface area contributed by atoms with Crippen molar-refractivity contribution < 1.29 is 23.9 Å². The van der Waals surface area contributed by atoms with Gasteiger partial charge in [-0.3, -0.25) is 14.4 Å². The minimum absolute atomic E-state index is 0.0566. The molecule has 0 saturated carbocycles. The second-order valence-electron chi connectivity index (χ2n) is 4.43. The molecule has 5 nitrogen and oxygen atoms in total. The molecule has 0 unspecified atom stereocenters. The van der Waals surface area contributed by atoms with E-state index in [-0.39, 0.29) is 12.2 Å². The molecule has 0 amide bonds. The van der Waals surface area contributed by atoms with Crippen LogP contribution in [0, 0.1) is 5.92 Å². The van der Waals surface area contributed by atoms with Crippen molar-refractivity contribution in [3.05, 3.63) is 0 Å². The van der Waals surface area contributed by atoms with E-state index in [0.29, 0.717) is 0 Å². The van der Waals surface area contributed by atoms with E-state index < -0.39 is 29.6 Å². The molecule has 0 aromatic rings. The van der Waals surface area contributed by atoms with E-state index >= 15 is 0 Å². The number of carbonyl (C=O) groups is 3. The van der Waals surface area contributed by atoms with Crippen molar-refractivity contribution in [2.24, 2.45) is 5.92 Å². The molecular formula is C11H16O5. The molecule has 0 aliphatic carbocycles. The molecule has 3 atom stereocenters. The van der Waals surface area contributed by atoms with Gasteiger partial charge < -0.3 is 9.47 Å². The fourth-order valence-corrected chi connectivity index (χ4v) is 2.07. The predicted octanol–water partition coefficient (Wildman–Crippen LogP) is 0.849. The van der Waals surface area contributed by atoms with E-state index in [0.717, 1.165) is 0 Å². The second kappa shape index (κ2) is 4.23. The first-order valence-corrected chi connectivity index (χ1v) is 5.16. The topological polar surface area (TPSA) is 69.7 Å². The van der Waals surface area contributed by atoms with E-state index in [4.69, 9.17) is 9.47 Å². The molecule has 1 aliphatic heterocycles. The van der Waals surface area contributed by atoms with Gasteiger partial charge >= 0.3 is 11.9 Å². The highest BCUT2D eigenvalue weighted by atomic mass is 16.6. The zero-order valence-corrected chi connectivity index (χ0v) is 9.90. The monoisotopic (exact) mass is 228 g/mol. The van der Waals surface area contributed by atoms with Crippen LogP contribution in [0.1, 0.15) is 34.1 Å². The van der Waals surface area contributed by atoms with Gasteiger partial charge in [0, 0.05) is 13.3 Å². The number of Topliss-reactive ketones (excluding diaryl/α,β-unsaturated/α-hetero) is 1. The molecule has 0 aromatic heterocycles. The minimum atomic E-state index is -1.03. The molecule has 1 saturated heterocycles. The molecule has 0 N–H and O–H groups in total. The summed E-state index contributed by atoms with van der Waals surface area (Å²) in [5, 5.41) is 0. The lowest BCUT2D eigenvalue weighted by molar-refractivity contribution is -0.162. The normalized spacial score (nSPS) is 33.4. The Labute approximate surface area is 94.1 Å². The predicted molar refractivity (Wildman–Crippen MR) is 54.5 cm³/mol. The number of esters is 2. The molecule has 0 bridgehead atoms. The summed E-state index contributed by atoms with van der Waals surface area (Å²) < 4.78 is 10.2. The smallest absolute Gasteiger partial charge is 0.313 e. The molecule has 90 valence electrons. The number of rotatable bonds is 3. The summed E-state index contributed by atoms with van der Waals surface area (Å²) in [4.78, 5) is 33.5. The summed E-state index contributed by atoms with van der Waals surface area (Å²) in [5.41, 5.74) is -1.03. The summed E-state index contributed by atoms with van der Waals surface area (Å²) in [6.45, 7) is 5.92. The fourth-order valence-electron chi connectivity index (χ4n) is 2.07. The maximum atomic E-state index is 11.4. The number of cyclic esters (lactones) is 1. The van der Waals surface area contributed by atoms with Gasteiger partial charge in [-0.15, -0.1) is 0 Å². The highest BCUT2D eigenvalue weighted by Gasteiger charge is 2.53. The van der Waals surface area contributed by atoms with Crippen molar-refractivity contribution in [1.82, 2.24) is 0 Å². The lowest BCUT2D eigenvalue weighted by atomic mass is 9.88. The van der Waals surface area contributed by atoms with Gasteiger partial charge in [0.15, 0.2) is 11.7 Å². The summed E-state index contributed by atoms with van der Waals surface area (Å²) in [7, 11) is 0.